The van der Waals surface area contributed by atoms with E-state index in [0.717, 1.165) is 37.7 Å². The van der Waals surface area contributed by atoms with Gasteiger partial charge in [0.05, 0.1) is 11.6 Å². The molecular formula is C22H30N2O3. The lowest BCUT2D eigenvalue weighted by molar-refractivity contribution is -0.145. The van der Waals surface area contributed by atoms with Crippen LogP contribution in [-0.2, 0) is 16.0 Å². The highest BCUT2D eigenvalue weighted by Gasteiger charge is 2.33. The minimum Gasteiger partial charge on any atom is -0.459 e. The SMILES string of the molecule is CCc1ccc([C@H]2NC(=O)NC(C)=C2C(=O)OC2CCCCCCC2)cc1. The molecule has 1 fully saturated rings. The molecule has 5 heteroatoms. The predicted octanol–water partition coefficient (Wildman–Crippen LogP) is 4.53. The van der Waals surface area contributed by atoms with E-state index in [2.05, 4.69) is 17.6 Å². The number of aryl methyl sites for hydroxylation is 1. The second-order valence-corrected chi connectivity index (χ2v) is 7.54. The quantitative estimate of drug-likeness (QED) is 0.765. The summed E-state index contributed by atoms with van der Waals surface area (Å²) in [5.74, 6) is -0.324. The van der Waals surface area contributed by atoms with Crippen LogP contribution in [0.15, 0.2) is 35.5 Å². The zero-order valence-corrected chi connectivity index (χ0v) is 16.3. The fourth-order valence-corrected chi connectivity index (χ4v) is 3.91. The van der Waals surface area contributed by atoms with Gasteiger partial charge in [-0.2, -0.15) is 0 Å². The molecule has 1 atom stereocenters. The van der Waals surface area contributed by atoms with Crippen molar-refractivity contribution in [3.05, 3.63) is 46.7 Å². The summed E-state index contributed by atoms with van der Waals surface area (Å²) in [5.41, 5.74) is 3.18. The average molecular weight is 370 g/mol. The van der Waals surface area contributed by atoms with Crippen molar-refractivity contribution < 1.29 is 14.3 Å². The summed E-state index contributed by atoms with van der Waals surface area (Å²) >= 11 is 0. The summed E-state index contributed by atoms with van der Waals surface area (Å²) in [4.78, 5) is 25.0. The zero-order valence-electron chi connectivity index (χ0n) is 16.3. The molecule has 2 N–H and O–H groups in total. The fourth-order valence-electron chi connectivity index (χ4n) is 3.91. The first-order valence-corrected chi connectivity index (χ1v) is 10.2. The molecule has 0 aromatic heterocycles. The van der Waals surface area contributed by atoms with Crippen LogP contribution in [0.3, 0.4) is 0 Å². The van der Waals surface area contributed by atoms with Gasteiger partial charge in [-0.1, -0.05) is 50.5 Å². The lowest BCUT2D eigenvalue weighted by atomic mass is 9.94. The lowest BCUT2D eigenvalue weighted by Gasteiger charge is -2.29. The summed E-state index contributed by atoms with van der Waals surface area (Å²) in [6.07, 6.45) is 8.67. The van der Waals surface area contributed by atoms with Crippen LogP contribution in [0.25, 0.3) is 0 Å². The van der Waals surface area contributed by atoms with E-state index in [1.807, 2.05) is 24.3 Å². The van der Waals surface area contributed by atoms with E-state index in [1.54, 1.807) is 6.92 Å². The van der Waals surface area contributed by atoms with Gasteiger partial charge in [0.2, 0.25) is 0 Å². The molecule has 27 heavy (non-hydrogen) atoms. The number of hydrogen-bond donors (Lipinski definition) is 2. The van der Waals surface area contributed by atoms with Gasteiger partial charge in [-0.3, -0.25) is 0 Å². The standard InChI is InChI=1S/C22H30N2O3/c1-3-16-11-13-17(14-12-16)20-19(15(2)23-22(26)24-20)21(25)27-18-9-7-5-4-6-8-10-18/h11-14,18,20H,3-10H2,1-2H3,(H2,23,24,26)/t20-/m1/s1. The van der Waals surface area contributed by atoms with Crippen molar-refractivity contribution in [2.75, 3.05) is 0 Å². The van der Waals surface area contributed by atoms with Gasteiger partial charge >= 0.3 is 12.0 Å². The molecule has 1 aliphatic heterocycles. The zero-order chi connectivity index (χ0) is 19.2. The number of amides is 2. The Balaban J connectivity index is 1.80. The van der Waals surface area contributed by atoms with Gasteiger partial charge in [-0.25, -0.2) is 9.59 Å². The molecule has 0 spiro atoms. The topological polar surface area (TPSA) is 67.4 Å². The Morgan fingerprint density at radius 3 is 2.33 bits per heavy atom. The summed E-state index contributed by atoms with van der Waals surface area (Å²) in [7, 11) is 0. The number of carbonyl (C=O) groups excluding carboxylic acids is 2. The second kappa shape index (κ2) is 9.07. The van der Waals surface area contributed by atoms with Crippen molar-refractivity contribution in [3.63, 3.8) is 0 Å². The Kier molecular flexibility index (Phi) is 6.54. The van der Waals surface area contributed by atoms with Crippen LogP contribution in [0.5, 0.6) is 0 Å². The van der Waals surface area contributed by atoms with Gasteiger partial charge in [0.25, 0.3) is 0 Å². The highest BCUT2D eigenvalue weighted by atomic mass is 16.5. The molecule has 1 aromatic rings. The molecule has 1 aromatic carbocycles. The Labute approximate surface area is 161 Å². The highest BCUT2D eigenvalue weighted by molar-refractivity contribution is 5.95. The maximum absolute atomic E-state index is 13.0. The molecule has 0 unspecified atom stereocenters. The van der Waals surface area contributed by atoms with Crippen LogP contribution < -0.4 is 10.6 Å². The average Bonchev–Trinajstić information content (AvgIpc) is 2.63. The van der Waals surface area contributed by atoms with Crippen LogP contribution in [0.1, 0.15) is 76.0 Å². The van der Waals surface area contributed by atoms with Crippen LogP contribution in [0.4, 0.5) is 4.79 Å². The van der Waals surface area contributed by atoms with Crippen LogP contribution in [0, 0.1) is 0 Å². The Bertz CT molecular complexity index is 701. The number of urea groups is 1. The summed E-state index contributed by atoms with van der Waals surface area (Å²) in [6, 6.07) is 7.26. The number of nitrogens with one attached hydrogen (secondary N) is 2. The van der Waals surface area contributed by atoms with Crippen LogP contribution >= 0.6 is 0 Å². The summed E-state index contributed by atoms with van der Waals surface area (Å²) < 4.78 is 5.88. The number of benzene rings is 1. The van der Waals surface area contributed by atoms with E-state index in [9.17, 15) is 9.59 Å². The molecular weight excluding hydrogens is 340 g/mol. The van der Waals surface area contributed by atoms with Crippen LogP contribution in [-0.4, -0.2) is 18.1 Å². The van der Waals surface area contributed by atoms with E-state index >= 15 is 0 Å². The predicted molar refractivity (Wildman–Crippen MR) is 105 cm³/mol. The maximum Gasteiger partial charge on any atom is 0.338 e. The minimum absolute atomic E-state index is 0.0288. The van der Waals surface area contributed by atoms with Crippen molar-refractivity contribution in [1.29, 1.82) is 0 Å². The molecule has 0 radical (unpaired) electrons. The van der Waals surface area contributed by atoms with E-state index in [1.165, 1.54) is 24.8 Å². The van der Waals surface area contributed by atoms with Gasteiger partial charge in [0, 0.05) is 5.70 Å². The third-order valence-corrected chi connectivity index (χ3v) is 5.54. The largest absolute Gasteiger partial charge is 0.459 e. The number of rotatable bonds is 4. The molecule has 1 heterocycles. The van der Waals surface area contributed by atoms with Gasteiger partial charge in [-0.05, 0) is 50.2 Å². The van der Waals surface area contributed by atoms with Gasteiger partial charge in [0.1, 0.15) is 6.10 Å². The van der Waals surface area contributed by atoms with Crippen molar-refractivity contribution in [3.8, 4) is 0 Å². The minimum atomic E-state index is -0.481. The Morgan fingerprint density at radius 2 is 1.70 bits per heavy atom. The van der Waals surface area contributed by atoms with E-state index in [4.69, 9.17) is 4.74 Å². The van der Waals surface area contributed by atoms with Crippen molar-refractivity contribution in [2.45, 2.75) is 77.4 Å². The van der Waals surface area contributed by atoms with Crippen molar-refractivity contribution >= 4 is 12.0 Å². The highest BCUT2D eigenvalue weighted by Crippen LogP contribution is 2.29. The first-order chi connectivity index (χ1) is 13.1. The number of carbonyl (C=O) groups is 2. The van der Waals surface area contributed by atoms with E-state index in [-0.39, 0.29) is 18.1 Å². The molecule has 2 aliphatic rings. The number of allylic oxidation sites excluding steroid dienone is 1. The van der Waals surface area contributed by atoms with Crippen LogP contribution in [0.2, 0.25) is 0 Å². The molecule has 1 saturated carbocycles. The molecule has 3 rings (SSSR count). The first-order valence-electron chi connectivity index (χ1n) is 10.2. The number of hydrogen-bond acceptors (Lipinski definition) is 3. The fraction of sp³-hybridized carbons (Fsp3) is 0.545. The van der Waals surface area contributed by atoms with E-state index in [0.29, 0.717) is 11.3 Å². The lowest BCUT2D eigenvalue weighted by Crippen LogP contribution is -2.45. The third kappa shape index (κ3) is 4.90. The molecule has 0 bridgehead atoms. The first kappa shape index (κ1) is 19.5. The van der Waals surface area contributed by atoms with Gasteiger partial charge in [0.15, 0.2) is 0 Å². The summed E-state index contributed by atoms with van der Waals surface area (Å²) in [6.45, 7) is 3.87. The molecule has 5 nitrogen and oxygen atoms in total. The van der Waals surface area contributed by atoms with E-state index < -0.39 is 6.04 Å². The second-order valence-electron chi connectivity index (χ2n) is 7.54. The van der Waals surface area contributed by atoms with Gasteiger partial charge < -0.3 is 15.4 Å². The maximum atomic E-state index is 13.0. The molecule has 2 amide bonds. The molecule has 1 aliphatic carbocycles. The Morgan fingerprint density at radius 1 is 1.07 bits per heavy atom. The normalized spacial score (nSPS) is 21.7. The monoisotopic (exact) mass is 370 g/mol. The number of ether oxygens (including phenoxy) is 1. The molecule has 146 valence electrons. The summed E-state index contributed by atoms with van der Waals surface area (Å²) in [5, 5.41) is 5.60. The van der Waals surface area contributed by atoms with Crippen molar-refractivity contribution in [1.82, 2.24) is 10.6 Å². The Hall–Kier alpha value is -2.30. The van der Waals surface area contributed by atoms with Gasteiger partial charge in [-0.15, -0.1) is 0 Å². The number of esters is 1. The van der Waals surface area contributed by atoms with Crippen molar-refractivity contribution in [2.24, 2.45) is 0 Å². The molecule has 0 saturated heterocycles. The third-order valence-electron chi connectivity index (χ3n) is 5.54. The smallest absolute Gasteiger partial charge is 0.338 e.